The molecule has 1 aliphatic carbocycles. The number of benzene rings is 1. The van der Waals surface area contributed by atoms with E-state index in [0.717, 1.165) is 18.2 Å². The Kier molecular flexibility index (Phi) is 6.63. The van der Waals surface area contributed by atoms with Crippen LogP contribution >= 0.6 is 0 Å². The third-order valence-electron chi connectivity index (χ3n) is 4.41. The Morgan fingerprint density at radius 3 is 2.71 bits per heavy atom. The second-order valence-corrected chi connectivity index (χ2v) is 5.99. The normalized spacial score (nSPS) is 21.7. The highest BCUT2D eigenvalue weighted by atomic mass is 16.5. The van der Waals surface area contributed by atoms with Gasteiger partial charge in [-0.25, -0.2) is 0 Å². The van der Waals surface area contributed by atoms with E-state index in [0.29, 0.717) is 12.6 Å². The molecule has 0 atom stereocenters. The van der Waals surface area contributed by atoms with Gasteiger partial charge in [-0.1, -0.05) is 43.9 Å². The van der Waals surface area contributed by atoms with Gasteiger partial charge in [0.1, 0.15) is 12.4 Å². The average molecular weight is 285 g/mol. The van der Waals surface area contributed by atoms with Crippen molar-refractivity contribution in [2.75, 3.05) is 6.61 Å². The summed E-state index contributed by atoms with van der Waals surface area (Å²) in [7, 11) is 0. The van der Waals surface area contributed by atoms with Crippen LogP contribution in [-0.2, 0) is 6.54 Å². The topological polar surface area (TPSA) is 21.3 Å². The number of terminal acetylenes is 1. The van der Waals surface area contributed by atoms with E-state index in [1.54, 1.807) is 0 Å². The van der Waals surface area contributed by atoms with Crippen molar-refractivity contribution in [3.63, 3.8) is 0 Å². The molecular formula is C19H27NO. The van der Waals surface area contributed by atoms with E-state index in [2.05, 4.69) is 30.3 Å². The van der Waals surface area contributed by atoms with E-state index in [-0.39, 0.29) is 0 Å². The number of nitrogens with one attached hydrogen (secondary N) is 1. The van der Waals surface area contributed by atoms with E-state index in [1.165, 1.54) is 44.1 Å². The molecule has 0 bridgehead atoms. The molecule has 0 heterocycles. The lowest BCUT2D eigenvalue weighted by molar-refractivity contribution is 0.276. The summed E-state index contributed by atoms with van der Waals surface area (Å²) in [6.45, 7) is 3.49. The molecule has 0 saturated heterocycles. The van der Waals surface area contributed by atoms with Crippen LogP contribution in [0.5, 0.6) is 5.75 Å². The molecule has 0 unspecified atom stereocenters. The molecule has 1 fully saturated rings. The summed E-state index contributed by atoms with van der Waals surface area (Å²) in [5.74, 6) is 4.39. The van der Waals surface area contributed by atoms with Crippen LogP contribution in [0, 0.1) is 18.3 Å². The highest BCUT2D eigenvalue weighted by molar-refractivity contribution is 5.33. The van der Waals surface area contributed by atoms with Crippen LogP contribution < -0.4 is 10.1 Å². The van der Waals surface area contributed by atoms with Gasteiger partial charge < -0.3 is 10.1 Å². The lowest BCUT2D eigenvalue weighted by Crippen LogP contribution is -2.32. The number of ether oxygens (including phenoxy) is 1. The summed E-state index contributed by atoms with van der Waals surface area (Å²) in [6, 6.07) is 8.80. The van der Waals surface area contributed by atoms with Crippen molar-refractivity contribution in [1.29, 1.82) is 0 Å². The molecule has 1 aromatic rings. The Balaban J connectivity index is 1.80. The van der Waals surface area contributed by atoms with Crippen molar-refractivity contribution in [2.45, 2.75) is 58.0 Å². The fourth-order valence-corrected chi connectivity index (χ4v) is 3.23. The minimum Gasteiger partial charge on any atom is -0.481 e. The van der Waals surface area contributed by atoms with Gasteiger partial charge >= 0.3 is 0 Å². The van der Waals surface area contributed by atoms with Crippen LogP contribution in [0.4, 0.5) is 0 Å². The third kappa shape index (κ3) is 5.10. The number of hydrogen-bond acceptors (Lipinski definition) is 2. The smallest absolute Gasteiger partial charge is 0.148 e. The van der Waals surface area contributed by atoms with Gasteiger partial charge in [0.05, 0.1) is 0 Å². The van der Waals surface area contributed by atoms with E-state index >= 15 is 0 Å². The molecular weight excluding hydrogens is 258 g/mol. The molecule has 21 heavy (non-hydrogen) atoms. The Hall–Kier alpha value is -1.46. The van der Waals surface area contributed by atoms with Crippen LogP contribution in [0.2, 0.25) is 0 Å². The van der Waals surface area contributed by atoms with E-state index in [1.807, 2.05) is 12.1 Å². The summed E-state index contributed by atoms with van der Waals surface area (Å²) in [5.41, 5.74) is 1.20. The van der Waals surface area contributed by atoms with Gasteiger partial charge in [-0.15, -0.1) is 6.42 Å². The molecule has 0 aromatic heterocycles. The van der Waals surface area contributed by atoms with Gasteiger partial charge in [0.2, 0.25) is 0 Å². The van der Waals surface area contributed by atoms with Crippen molar-refractivity contribution >= 4 is 0 Å². The monoisotopic (exact) mass is 285 g/mol. The third-order valence-corrected chi connectivity index (χ3v) is 4.41. The molecule has 2 heteroatoms. The first-order valence-electron chi connectivity index (χ1n) is 8.21. The zero-order chi connectivity index (χ0) is 14.9. The Morgan fingerprint density at radius 2 is 2.00 bits per heavy atom. The molecule has 0 spiro atoms. The minimum absolute atomic E-state index is 0.332. The van der Waals surface area contributed by atoms with Crippen LogP contribution in [0.1, 0.15) is 51.0 Å². The first-order valence-corrected chi connectivity index (χ1v) is 8.21. The maximum Gasteiger partial charge on any atom is 0.148 e. The predicted octanol–water partition coefficient (Wildman–Crippen LogP) is 4.15. The number of para-hydroxylation sites is 1. The molecule has 1 aromatic carbocycles. The van der Waals surface area contributed by atoms with Crippen molar-refractivity contribution in [2.24, 2.45) is 5.92 Å². The molecule has 2 nitrogen and oxygen atoms in total. The largest absolute Gasteiger partial charge is 0.481 e. The standard InChI is InChI=1S/C19H27NO/c1-3-7-16-10-12-18(13-11-16)20-15-17-8-5-6-9-19(17)21-14-4-2/h2,5-6,8-9,16,18,20H,3,7,10-15H2,1H3. The average Bonchev–Trinajstić information content (AvgIpc) is 2.53. The molecule has 2 rings (SSSR count). The van der Waals surface area contributed by atoms with Crippen molar-refractivity contribution in [3.05, 3.63) is 29.8 Å². The lowest BCUT2D eigenvalue weighted by atomic mass is 9.83. The molecule has 1 saturated carbocycles. The summed E-state index contributed by atoms with van der Waals surface area (Å²) in [6.07, 6.45) is 13.3. The summed E-state index contributed by atoms with van der Waals surface area (Å²) in [4.78, 5) is 0. The molecule has 0 radical (unpaired) electrons. The molecule has 0 amide bonds. The maximum absolute atomic E-state index is 5.60. The first-order chi connectivity index (χ1) is 10.3. The van der Waals surface area contributed by atoms with Gasteiger partial charge in [-0.3, -0.25) is 0 Å². The van der Waals surface area contributed by atoms with Crippen molar-refractivity contribution < 1.29 is 4.74 Å². The second kappa shape index (κ2) is 8.74. The van der Waals surface area contributed by atoms with Gasteiger partial charge in [-0.05, 0) is 37.7 Å². The van der Waals surface area contributed by atoms with Crippen LogP contribution in [0.25, 0.3) is 0 Å². The van der Waals surface area contributed by atoms with E-state index < -0.39 is 0 Å². The van der Waals surface area contributed by atoms with Crippen LogP contribution in [0.15, 0.2) is 24.3 Å². The predicted molar refractivity (Wildman–Crippen MR) is 88.3 cm³/mol. The van der Waals surface area contributed by atoms with Crippen LogP contribution in [0.3, 0.4) is 0 Å². The second-order valence-electron chi connectivity index (χ2n) is 5.99. The molecule has 114 valence electrons. The van der Waals surface area contributed by atoms with Crippen LogP contribution in [-0.4, -0.2) is 12.6 Å². The molecule has 0 aliphatic heterocycles. The summed E-state index contributed by atoms with van der Waals surface area (Å²) in [5, 5.41) is 3.69. The highest BCUT2D eigenvalue weighted by Gasteiger charge is 2.20. The first kappa shape index (κ1) is 15.9. The number of hydrogen-bond donors (Lipinski definition) is 1. The van der Waals surface area contributed by atoms with Gasteiger partial charge in [0, 0.05) is 18.2 Å². The number of rotatable bonds is 7. The van der Waals surface area contributed by atoms with E-state index in [4.69, 9.17) is 11.2 Å². The molecule has 1 aliphatic rings. The van der Waals surface area contributed by atoms with Gasteiger partial charge in [0.25, 0.3) is 0 Å². The zero-order valence-corrected chi connectivity index (χ0v) is 13.1. The maximum atomic E-state index is 5.60. The van der Waals surface area contributed by atoms with Gasteiger partial charge in [-0.2, -0.15) is 0 Å². The highest BCUT2D eigenvalue weighted by Crippen LogP contribution is 2.28. The lowest BCUT2D eigenvalue weighted by Gasteiger charge is -2.29. The Bertz CT molecular complexity index is 455. The Morgan fingerprint density at radius 1 is 1.24 bits per heavy atom. The quantitative estimate of drug-likeness (QED) is 0.760. The summed E-state index contributed by atoms with van der Waals surface area (Å²) >= 11 is 0. The van der Waals surface area contributed by atoms with Gasteiger partial charge in [0.15, 0.2) is 0 Å². The fourth-order valence-electron chi connectivity index (χ4n) is 3.23. The molecule has 1 N–H and O–H groups in total. The summed E-state index contributed by atoms with van der Waals surface area (Å²) < 4.78 is 5.60. The van der Waals surface area contributed by atoms with Crippen molar-refractivity contribution in [1.82, 2.24) is 5.32 Å². The minimum atomic E-state index is 0.332. The van der Waals surface area contributed by atoms with E-state index in [9.17, 15) is 0 Å². The fraction of sp³-hybridized carbons (Fsp3) is 0.579. The Labute approximate surface area is 129 Å². The van der Waals surface area contributed by atoms with Crippen molar-refractivity contribution in [3.8, 4) is 18.1 Å². The SMILES string of the molecule is C#CCOc1ccccc1CNC1CCC(CCC)CC1. The zero-order valence-electron chi connectivity index (χ0n) is 13.1.